The second-order valence-electron chi connectivity index (χ2n) is 6.20. The van der Waals surface area contributed by atoms with Crippen molar-refractivity contribution in [3.63, 3.8) is 0 Å². The summed E-state index contributed by atoms with van der Waals surface area (Å²) >= 11 is 0. The van der Waals surface area contributed by atoms with Crippen LogP contribution >= 0.6 is 0 Å². The van der Waals surface area contributed by atoms with Gasteiger partial charge in [-0.2, -0.15) is 0 Å². The lowest BCUT2D eigenvalue weighted by Crippen LogP contribution is -2.45. The fraction of sp³-hybridized carbons (Fsp3) is 0.556. The molecule has 0 bridgehead atoms. The SMILES string of the molecule is CCC1CCCCN1C(=O)COC(=O)c1cc(OC)c(OC)cc1[N+](=O)[O-]. The second-order valence-corrected chi connectivity index (χ2v) is 6.20. The first kappa shape index (κ1) is 20.5. The molecule has 1 fully saturated rings. The van der Waals surface area contributed by atoms with Crippen LogP contribution in [0.2, 0.25) is 0 Å². The number of piperidine rings is 1. The number of esters is 1. The highest BCUT2D eigenvalue weighted by molar-refractivity contribution is 5.96. The lowest BCUT2D eigenvalue weighted by molar-refractivity contribution is -0.385. The van der Waals surface area contributed by atoms with Crippen LogP contribution in [0.3, 0.4) is 0 Å². The third kappa shape index (κ3) is 4.66. The molecule has 1 aliphatic heterocycles. The van der Waals surface area contributed by atoms with Gasteiger partial charge in [0.2, 0.25) is 0 Å². The lowest BCUT2D eigenvalue weighted by Gasteiger charge is -2.35. The first-order valence-electron chi connectivity index (χ1n) is 8.79. The summed E-state index contributed by atoms with van der Waals surface area (Å²) in [6.45, 7) is 2.18. The average molecular weight is 380 g/mol. The molecule has 1 saturated heterocycles. The number of carbonyl (C=O) groups excluding carboxylic acids is 2. The van der Waals surface area contributed by atoms with Crippen molar-refractivity contribution in [1.29, 1.82) is 0 Å². The summed E-state index contributed by atoms with van der Waals surface area (Å²) < 4.78 is 15.2. The highest BCUT2D eigenvalue weighted by atomic mass is 16.6. The Morgan fingerprint density at radius 1 is 1.22 bits per heavy atom. The van der Waals surface area contributed by atoms with E-state index in [1.54, 1.807) is 4.90 Å². The molecule has 0 saturated carbocycles. The van der Waals surface area contributed by atoms with Gasteiger partial charge in [0.1, 0.15) is 5.56 Å². The molecule has 1 aliphatic rings. The number of hydrogen-bond donors (Lipinski definition) is 0. The quantitative estimate of drug-likeness (QED) is 0.406. The highest BCUT2D eigenvalue weighted by Crippen LogP contribution is 2.34. The van der Waals surface area contributed by atoms with Gasteiger partial charge in [0.05, 0.1) is 25.2 Å². The van der Waals surface area contributed by atoms with Gasteiger partial charge < -0.3 is 19.1 Å². The molecule has 1 unspecified atom stereocenters. The molecule has 148 valence electrons. The molecule has 0 radical (unpaired) electrons. The van der Waals surface area contributed by atoms with Gasteiger partial charge in [-0.1, -0.05) is 6.92 Å². The van der Waals surface area contributed by atoms with Gasteiger partial charge >= 0.3 is 5.97 Å². The number of nitro groups is 1. The molecule has 0 spiro atoms. The number of nitro benzene ring substituents is 1. The van der Waals surface area contributed by atoms with E-state index in [4.69, 9.17) is 14.2 Å². The normalized spacial score (nSPS) is 16.6. The van der Waals surface area contributed by atoms with E-state index in [0.717, 1.165) is 31.7 Å². The molecule has 1 amide bonds. The van der Waals surface area contributed by atoms with Crippen LogP contribution in [0.4, 0.5) is 5.69 Å². The summed E-state index contributed by atoms with van der Waals surface area (Å²) in [6, 6.07) is 2.41. The Balaban J connectivity index is 2.15. The van der Waals surface area contributed by atoms with Crippen molar-refractivity contribution in [2.45, 2.75) is 38.6 Å². The molecule has 1 aromatic carbocycles. The van der Waals surface area contributed by atoms with Gasteiger partial charge in [0.15, 0.2) is 18.1 Å². The molecule has 1 atom stereocenters. The molecule has 0 aromatic heterocycles. The number of methoxy groups -OCH3 is 2. The van der Waals surface area contributed by atoms with E-state index < -0.39 is 23.2 Å². The Bertz CT molecular complexity index is 720. The van der Waals surface area contributed by atoms with Crippen molar-refractivity contribution < 1.29 is 28.7 Å². The van der Waals surface area contributed by atoms with Crippen LogP contribution in [0.25, 0.3) is 0 Å². The van der Waals surface area contributed by atoms with Gasteiger partial charge in [-0.15, -0.1) is 0 Å². The van der Waals surface area contributed by atoms with Crippen LogP contribution in [0, 0.1) is 10.1 Å². The minimum absolute atomic E-state index is 0.121. The van der Waals surface area contributed by atoms with Crippen molar-refractivity contribution >= 4 is 17.6 Å². The molecule has 1 heterocycles. The van der Waals surface area contributed by atoms with Crippen molar-refractivity contribution in [1.82, 2.24) is 4.90 Å². The number of hydrogen-bond acceptors (Lipinski definition) is 7. The maximum atomic E-state index is 12.4. The third-order valence-electron chi connectivity index (χ3n) is 4.66. The summed E-state index contributed by atoms with van der Waals surface area (Å²) in [5.41, 5.74) is -0.773. The zero-order valence-electron chi connectivity index (χ0n) is 15.7. The first-order chi connectivity index (χ1) is 12.9. The Morgan fingerprint density at radius 3 is 2.48 bits per heavy atom. The van der Waals surface area contributed by atoms with E-state index in [9.17, 15) is 19.7 Å². The van der Waals surface area contributed by atoms with Crippen molar-refractivity contribution in [3.8, 4) is 11.5 Å². The molecule has 0 N–H and O–H groups in total. The van der Waals surface area contributed by atoms with Crippen LogP contribution in [0.1, 0.15) is 43.0 Å². The Morgan fingerprint density at radius 2 is 1.89 bits per heavy atom. The first-order valence-corrected chi connectivity index (χ1v) is 8.79. The maximum Gasteiger partial charge on any atom is 0.345 e. The van der Waals surface area contributed by atoms with E-state index in [1.807, 2.05) is 6.92 Å². The van der Waals surface area contributed by atoms with Crippen molar-refractivity contribution in [2.24, 2.45) is 0 Å². The number of benzene rings is 1. The molecule has 9 nitrogen and oxygen atoms in total. The Kier molecular flexibility index (Phi) is 6.98. The van der Waals surface area contributed by atoms with Gasteiger partial charge in [-0.25, -0.2) is 4.79 Å². The van der Waals surface area contributed by atoms with Crippen molar-refractivity contribution in [2.75, 3.05) is 27.4 Å². The van der Waals surface area contributed by atoms with Gasteiger partial charge in [-0.05, 0) is 25.7 Å². The van der Waals surface area contributed by atoms with E-state index in [1.165, 1.54) is 20.3 Å². The molecular weight excluding hydrogens is 356 g/mol. The monoisotopic (exact) mass is 380 g/mol. The standard InChI is InChI=1S/C18H24N2O7/c1-4-12-7-5-6-8-19(12)17(21)11-27-18(22)13-9-15(25-2)16(26-3)10-14(13)20(23)24/h9-10,12H,4-8,11H2,1-3H3. The van der Waals surface area contributed by atoms with Gasteiger partial charge in [-0.3, -0.25) is 14.9 Å². The molecule has 1 aromatic rings. The van der Waals surface area contributed by atoms with E-state index in [0.29, 0.717) is 6.54 Å². The van der Waals surface area contributed by atoms with E-state index >= 15 is 0 Å². The smallest absolute Gasteiger partial charge is 0.345 e. The minimum Gasteiger partial charge on any atom is -0.493 e. The van der Waals surface area contributed by atoms with Gasteiger partial charge in [0, 0.05) is 18.7 Å². The minimum atomic E-state index is -0.957. The van der Waals surface area contributed by atoms with Crippen LogP contribution < -0.4 is 9.47 Å². The summed E-state index contributed by atoms with van der Waals surface area (Å²) in [4.78, 5) is 37.1. The highest BCUT2D eigenvalue weighted by Gasteiger charge is 2.29. The number of rotatable bonds is 7. The number of amides is 1. The number of nitrogens with zero attached hydrogens (tertiary/aromatic N) is 2. The lowest BCUT2D eigenvalue weighted by atomic mass is 10.00. The van der Waals surface area contributed by atoms with Gasteiger partial charge in [0.25, 0.3) is 11.6 Å². The molecular formula is C18H24N2O7. The zero-order valence-corrected chi connectivity index (χ0v) is 15.7. The van der Waals surface area contributed by atoms with Crippen molar-refractivity contribution in [3.05, 3.63) is 27.8 Å². The second kappa shape index (κ2) is 9.20. The predicted octanol–water partition coefficient (Wildman–Crippen LogP) is 2.56. The Labute approximate surface area is 157 Å². The largest absolute Gasteiger partial charge is 0.493 e. The van der Waals surface area contributed by atoms with E-state index in [2.05, 4.69) is 0 Å². The van der Waals surface area contributed by atoms with Crippen LogP contribution in [0.5, 0.6) is 11.5 Å². The summed E-state index contributed by atoms with van der Waals surface area (Å²) in [7, 11) is 2.69. The number of carbonyl (C=O) groups is 2. The summed E-state index contributed by atoms with van der Waals surface area (Å²) in [5.74, 6) is -0.974. The topological polar surface area (TPSA) is 108 Å². The number of likely N-dealkylation sites (tertiary alicyclic amines) is 1. The summed E-state index contributed by atoms with van der Waals surface area (Å²) in [6.07, 6.45) is 3.75. The van der Waals surface area contributed by atoms with Crippen LogP contribution in [-0.2, 0) is 9.53 Å². The fourth-order valence-electron chi connectivity index (χ4n) is 3.22. The predicted molar refractivity (Wildman–Crippen MR) is 96.1 cm³/mol. The zero-order chi connectivity index (χ0) is 20.0. The molecule has 27 heavy (non-hydrogen) atoms. The summed E-state index contributed by atoms with van der Waals surface area (Å²) in [5, 5.41) is 11.3. The maximum absolute atomic E-state index is 12.4. The molecule has 9 heteroatoms. The molecule has 2 rings (SSSR count). The third-order valence-corrected chi connectivity index (χ3v) is 4.66. The average Bonchev–Trinajstić information content (AvgIpc) is 2.70. The van der Waals surface area contributed by atoms with E-state index in [-0.39, 0.29) is 29.0 Å². The molecule has 0 aliphatic carbocycles. The number of ether oxygens (including phenoxy) is 3. The Hall–Kier alpha value is -2.84. The van der Waals surface area contributed by atoms with Crippen LogP contribution in [-0.4, -0.2) is 55.1 Å². The fourth-order valence-corrected chi connectivity index (χ4v) is 3.22. The van der Waals surface area contributed by atoms with Crippen LogP contribution in [0.15, 0.2) is 12.1 Å².